The SMILES string of the molecule is COc1ccc(/C=C2/C(=O)OC(=O)c3ccccc32)cc1. The predicted molar refractivity (Wildman–Crippen MR) is 77.7 cm³/mol. The smallest absolute Gasteiger partial charge is 0.346 e. The van der Waals surface area contributed by atoms with Gasteiger partial charge < -0.3 is 9.47 Å². The number of carbonyl (C=O) groups excluding carboxylic acids is 2. The first-order valence-corrected chi connectivity index (χ1v) is 6.40. The summed E-state index contributed by atoms with van der Waals surface area (Å²) < 4.78 is 9.87. The normalized spacial score (nSPS) is 15.6. The zero-order chi connectivity index (χ0) is 14.8. The molecule has 104 valence electrons. The van der Waals surface area contributed by atoms with Crippen molar-refractivity contribution in [2.45, 2.75) is 0 Å². The van der Waals surface area contributed by atoms with Crippen molar-refractivity contribution in [1.29, 1.82) is 0 Å². The Kier molecular flexibility index (Phi) is 3.28. The zero-order valence-corrected chi connectivity index (χ0v) is 11.3. The molecule has 0 saturated carbocycles. The number of benzene rings is 2. The maximum absolute atomic E-state index is 12.0. The second-order valence-electron chi connectivity index (χ2n) is 4.55. The summed E-state index contributed by atoms with van der Waals surface area (Å²) in [6.07, 6.45) is 1.70. The fourth-order valence-electron chi connectivity index (χ4n) is 2.20. The summed E-state index contributed by atoms with van der Waals surface area (Å²) in [5, 5.41) is 0. The standard InChI is InChI=1S/C17H12O4/c1-20-12-8-6-11(7-9-12)10-15-13-4-2-3-5-14(13)16(18)21-17(15)19/h2-10H,1H3/b15-10+. The van der Waals surface area contributed by atoms with Crippen LogP contribution in [-0.4, -0.2) is 19.0 Å². The minimum absolute atomic E-state index is 0.371. The molecular weight excluding hydrogens is 268 g/mol. The van der Waals surface area contributed by atoms with Crippen LogP contribution in [0.4, 0.5) is 0 Å². The van der Waals surface area contributed by atoms with Crippen molar-refractivity contribution in [3.63, 3.8) is 0 Å². The van der Waals surface area contributed by atoms with E-state index in [2.05, 4.69) is 0 Å². The van der Waals surface area contributed by atoms with Crippen molar-refractivity contribution in [1.82, 2.24) is 0 Å². The largest absolute Gasteiger partial charge is 0.497 e. The van der Waals surface area contributed by atoms with Crippen LogP contribution in [0.1, 0.15) is 21.5 Å². The molecule has 0 saturated heterocycles. The van der Waals surface area contributed by atoms with Gasteiger partial charge in [-0.25, -0.2) is 9.59 Å². The van der Waals surface area contributed by atoms with Crippen molar-refractivity contribution in [3.05, 3.63) is 65.2 Å². The monoisotopic (exact) mass is 280 g/mol. The molecule has 2 aromatic rings. The van der Waals surface area contributed by atoms with E-state index >= 15 is 0 Å². The van der Waals surface area contributed by atoms with Crippen LogP contribution < -0.4 is 4.74 Å². The molecule has 3 rings (SSSR count). The van der Waals surface area contributed by atoms with Crippen molar-refractivity contribution in [2.75, 3.05) is 7.11 Å². The van der Waals surface area contributed by atoms with Crippen LogP contribution in [-0.2, 0) is 9.53 Å². The van der Waals surface area contributed by atoms with Crippen LogP contribution in [0.25, 0.3) is 11.6 Å². The van der Waals surface area contributed by atoms with E-state index in [-0.39, 0.29) is 0 Å². The number of esters is 2. The summed E-state index contributed by atoms with van der Waals surface area (Å²) in [4.78, 5) is 23.6. The Labute approximate surface area is 121 Å². The van der Waals surface area contributed by atoms with E-state index in [1.54, 1.807) is 49.6 Å². The molecule has 1 aliphatic rings. The Morgan fingerprint density at radius 3 is 2.24 bits per heavy atom. The molecule has 0 aliphatic carbocycles. The lowest BCUT2D eigenvalue weighted by atomic mass is 9.96. The molecular formula is C17H12O4. The molecule has 4 nitrogen and oxygen atoms in total. The first-order valence-electron chi connectivity index (χ1n) is 6.40. The Morgan fingerprint density at radius 1 is 0.905 bits per heavy atom. The number of carbonyl (C=O) groups is 2. The van der Waals surface area contributed by atoms with Crippen molar-refractivity contribution in [3.8, 4) is 5.75 Å². The number of rotatable bonds is 2. The van der Waals surface area contributed by atoms with Gasteiger partial charge in [-0.2, -0.15) is 0 Å². The van der Waals surface area contributed by atoms with Crippen LogP contribution in [0.3, 0.4) is 0 Å². The van der Waals surface area contributed by atoms with Crippen molar-refractivity contribution in [2.24, 2.45) is 0 Å². The average Bonchev–Trinajstić information content (AvgIpc) is 2.52. The highest BCUT2D eigenvalue weighted by atomic mass is 16.6. The highest BCUT2D eigenvalue weighted by Gasteiger charge is 2.28. The topological polar surface area (TPSA) is 52.6 Å². The number of cyclic esters (lactones) is 2. The van der Waals surface area contributed by atoms with Crippen LogP contribution in [0.15, 0.2) is 48.5 Å². The summed E-state index contributed by atoms with van der Waals surface area (Å²) in [5.74, 6) is -0.504. The van der Waals surface area contributed by atoms with Gasteiger partial charge >= 0.3 is 11.9 Å². The Bertz CT molecular complexity index is 742. The molecule has 0 unspecified atom stereocenters. The molecule has 0 fully saturated rings. The minimum atomic E-state index is -0.630. The van der Waals surface area contributed by atoms with E-state index in [0.717, 1.165) is 11.3 Å². The molecule has 4 heteroatoms. The highest BCUT2D eigenvalue weighted by molar-refractivity contribution is 6.29. The number of hydrogen-bond donors (Lipinski definition) is 0. The molecule has 21 heavy (non-hydrogen) atoms. The summed E-state index contributed by atoms with van der Waals surface area (Å²) in [6, 6.07) is 14.2. The summed E-state index contributed by atoms with van der Waals surface area (Å²) in [5.41, 5.74) is 2.19. The lowest BCUT2D eigenvalue weighted by molar-refractivity contribution is -0.131. The van der Waals surface area contributed by atoms with E-state index in [1.807, 2.05) is 12.1 Å². The maximum Gasteiger partial charge on any atom is 0.346 e. The van der Waals surface area contributed by atoms with Gasteiger partial charge in [0.15, 0.2) is 0 Å². The van der Waals surface area contributed by atoms with Crippen LogP contribution in [0.5, 0.6) is 5.75 Å². The van der Waals surface area contributed by atoms with Gasteiger partial charge in [-0.15, -0.1) is 0 Å². The zero-order valence-electron chi connectivity index (χ0n) is 11.3. The first-order chi connectivity index (χ1) is 10.2. The van der Waals surface area contributed by atoms with E-state index in [0.29, 0.717) is 16.7 Å². The lowest BCUT2D eigenvalue weighted by Gasteiger charge is -2.16. The van der Waals surface area contributed by atoms with Gasteiger partial charge in [-0.05, 0) is 29.8 Å². The van der Waals surface area contributed by atoms with E-state index in [9.17, 15) is 9.59 Å². The number of ether oxygens (including phenoxy) is 2. The number of fused-ring (bicyclic) bond motifs is 1. The molecule has 0 amide bonds. The van der Waals surface area contributed by atoms with Gasteiger partial charge in [-0.1, -0.05) is 30.3 Å². The van der Waals surface area contributed by atoms with Crippen LogP contribution in [0, 0.1) is 0 Å². The third kappa shape index (κ3) is 2.43. The molecule has 1 aliphatic heterocycles. The maximum atomic E-state index is 12.0. The van der Waals surface area contributed by atoms with Gasteiger partial charge in [0.1, 0.15) is 5.75 Å². The van der Waals surface area contributed by atoms with Gasteiger partial charge in [0.05, 0.1) is 18.2 Å². The highest BCUT2D eigenvalue weighted by Crippen LogP contribution is 2.28. The van der Waals surface area contributed by atoms with Gasteiger partial charge in [0.2, 0.25) is 0 Å². The summed E-state index contributed by atoms with van der Waals surface area (Å²) in [6.45, 7) is 0. The van der Waals surface area contributed by atoms with Gasteiger partial charge in [0.25, 0.3) is 0 Å². The summed E-state index contributed by atoms with van der Waals surface area (Å²) >= 11 is 0. The second kappa shape index (κ2) is 5.25. The lowest BCUT2D eigenvalue weighted by Crippen LogP contribution is -2.21. The second-order valence-corrected chi connectivity index (χ2v) is 4.55. The van der Waals surface area contributed by atoms with E-state index in [4.69, 9.17) is 9.47 Å². The molecule has 2 aromatic carbocycles. The first kappa shape index (κ1) is 13.1. The fourth-order valence-corrected chi connectivity index (χ4v) is 2.20. The molecule has 1 heterocycles. The third-order valence-corrected chi connectivity index (χ3v) is 3.27. The Hall–Kier alpha value is -2.88. The van der Waals surface area contributed by atoms with Crippen molar-refractivity contribution < 1.29 is 19.1 Å². The quantitative estimate of drug-likeness (QED) is 0.482. The Balaban J connectivity index is 2.07. The summed E-state index contributed by atoms with van der Waals surface area (Å²) in [7, 11) is 1.59. The van der Waals surface area contributed by atoms with E-state index < -0.39 is 11.9 Å². The average molecular weight is 280 g/mol. The fraction of sp³-hybridized carbons (Fsp3) is 0.0588. The third-order valence-electron chi connectivity index (χ3n) is 3.27. The molecule has 0 N–H and O–H groups in total. The molecule has 0 aromatic heterocycles. The number of methoxy groups -OCH3 is 1. The number of hydrogen-bond acceptors (Lipinski definition) is 4. The van der Waals surface area contributed by atoms with Crippen molar-refractivity contribution >= 4 is 23.6 Å². The van der Waals surface area contributed by atoms with Gasteiger partial charge in [-0.3, -0.25) is 0 Å². The van der Waals surface area contributed by atoms with Crippen LogP contribution in [0.2, 0.25) is 0 Å². The molecule has 0 bridgehead atoms. The molecule has 0 atom stereocenters. The van der Waals surface area contributed by atoms with Crippen LogP contribution >= 0.6 is 0 Å². The Morgan fingerprint density at radius 2 is 1.57 bits per heavy atom. The van der Waals surface area contributed by atoms with Gasteiger partial charge in [0, 0.05) is 5.56 Å². The van der Waals surface area contributed by atoms with E-state index in [1.165, 1.54) is 0 Å². The molecule has 0 spiro atoms. The molecule has 0 radical (unpaired) electrons. The predicted octanol–water partition coefficient (Wildman–Crippen LogP) is 2.93. The minimum Gasteiger partial charge on any atom is -0.497 e.